The molecule has 3 aromatic heterocycles. The van der Waals surface area contributed by atoms with Crippen molar-refractivity contribution in [3.63, 3.8) is 0 Å². The number of hydrazine groups is 1. The van der Waals surface area contributed by atoms with Crippen LogP contribution in [0.15, 0.2) is 111 Å². The van der Waals surface area contributed by atoms with Crippen molar-refractivity contribution >= 4 is 62.6 Å². The minimum atomic E-state index is -4.80. The number of anilines is 1. The molecule has 2 aliphatic heterocycles. The van der Waals surface area contributed by atoms with E-state index in [1.54, 1.807) is 79.9 Å². The summed E-state index contributed by atoms with van der Waals surface area (Å²) in [5.41, 5.74) is -0.570. The highest BCUT2D eigenvalue weighted by Crippen LogP contribution is 2.63. The molecule has 1 saturated heterocycles. The Hall–Kier alpha value is -7.38. The highest BCUT2D eigenvalue weighted by Gasteiger charge is 2.69. The molecule has 0 unspecified atom stereocenters. The van der Waals surface area contributed by atoms with Crippen LogP contribution >= 0.6 is 23.2 Å². The topological polar surface area (TPSA) is 185 Å². The lowest BCUT2D eigenvalue weighted by Gasteiger charge is -2.49. The van der Waals surface area contributed by atoms with Crippen LogP contribution in [-0.2, 0) is 47.7 Å². The molecule has 0 spiro atoms. The summed E-state index contributed by atoms with van der Waals surface area (Å²) in [6.07, 6.45) is -2.97. The number of aromatic hydroxyl groups is 1. The third-order valence-electron chi connectivity index (χ3n) is 13.4. The number of carbonyl (C=O) groups excluding carboxylic acids is 2. The Kier molecular flexibility index (Phi) is 10.6. The molecule has 348 valence electrons. The number of methoxy groups -OCH3 is 2. The van der Waals surface area contributed by atoms with Gasteiger partial charge in [-0.25, -0.2) is 33.5 Å². The maximum absolute atomic E-state index is 15.7. The second-order valence-corrected chi connectivity index (χ2v) is 17.5. The van der Waals surface area contributed by atoms with Crippen molar-refractivity contribution in [2.45, 2.75) is 49.5 Å². The van der Waals surface area contributed by atoms with Gasteiger partial charge in [-0.2, -0.15) is 18.2 Å². The van der Waals surface area contributed by atoms with E-state index in [0.29, 0.717) is 66.7 Å². The molecule has 2 N–H and O–H groups in total. The molecule has 0 bridgehead atoms. The Balaban J connectivity index is 1.13. The summed E-state index contributed by atoms with van der Waals surface area (Å²) in [6, 6.07) is 19.3. The number of alkyl halides is 3. The van der Waals surface area contributed by atoms with Crippen LogP contribution in [0, 0.1) is 5.92 Å². The van der Waals surface area contributed by atoms with E-state index in [-0.39, 0.29) is 42.9 Å². The number of pyridine rings is 1. The molecule has 68 heavy (non-hydrogen) atoms. The number of benzene rings is 4. The van der Waals surface area contributed by atoms with Gasteiger partial charge in [0.1, 0.15) is 11.4 Å². The van der Waals surface area contributed by atoms with E-state index in [1.807, 2.05) is 0 Å². The third-order valence-corrected chi connectivity index (χ3v) is 13.9. The number of ether oxygens (including phenoxy) is 2. The van der Waals surface area contributed by atoms with Gasteiger partial charge in [-0.1, -0.05) is 71.7 Å². The Morgan fingerprint density at radius 2 is 1.65 bits per heavy atom. The lowest BCUT2D eigenvalue weighted by molar-refractivity contribution is -0.139. The highest BCUT2D eigenvalue weighted by atomic mass is 35.5. The van der Waals surface area contributed by atoms with E-state index in [0.717, 1.165) is 4.57 Å². The average molecular weight is 970 g/mol. The summed E-state index contributed by atoms with van der Waals surface area (Å²) < 4.78 is 56.6. The van der Waals surface area contributed by atoms with Crippen LogP contribution in [0.4, 0.5) is 19.0 Å². The van der Waals surface area contributed by atoms with Gasteiger partial charge in [-0.3, -0.25) is 19.8 Å². The summed E-state index contributed by atoms with van der Waals surface area (Å²) in [6.45, 7) is -0.446. The number of rotatable bonds is 9. The summed E-state index contributed by atoms with van der Waals surface area (Å²) >= 11 is 12.7. The fourth-order valence-electron chi connectivity index (χ4n) is 10.3. The highest BCUT2D eigenvalue weighted by molar-refractivity contribution is 6.33. The number of nitrogens with one attached hydrogen (secondary N) is 1. The first-order chi connectivity index (χ1) is 32.5. The number of imide groups is 1. The zero-order chi connectivity index (χ0) is 48.1. The quantitative estimate of drug-likeness (QED) is 0.119. The zero-order valence-corrected chi connectivity index (χ0v) is 37.6. The van der Waals surface area contributed by atoms with E-state index >= 15 is 9.59 Å². The summed E-state index contributed by atoms with van der Waals surface area (Å²) in [5.74, 6) is -4.24. The first-order valence-electron chi connectivity index (χ1n) is 21.1. The van der Waals surface area contributed by atoms with E-state index in [2.05, 4.69) is 15.4 Å². The number of nitrogens with zero attached hydrogens (tertiary/aromatic N) is 7. The smallest absolute Gasteiger partial charge is 0.417 e. The summed E-state index contributed by atoms with van der Waals surface area (Å²) in [7, 11) is 4.48. The van der Waals surface area contributed by atoms with Crippen molar-refractivity contribution in [1.82, 2.24) is 33.5 Å². The molecule has 2 amide bonds. The molecule has 16 nitrogen and oxygen atoms in total. The number of phenolic OH excluding ortho intramolecular Hbond substituents is 1. The molecule has 5 heterocycles. The van der Waals surface area contributed by atoms with E-state index in [4.69, 9.17) is 32.7 Å². The fourth-order valence-corrected chi connectivity index (χ4v) is 10.6. The van der Waals surface area contributed by atoms with Crippen molar-refractivity contribution in [2.24, 2.45) is 13.0 Å². The predicted octanol–water partition coefficient (Wildman–Crippen LogP) is 6.52. The number of phenols is 1. The number of aromatic nitrogens is 6. The van der Waals surface area contributed by atoms with E-state index in [9.17, 15) is 32.7 Å². The number of aryl methyl sites for hydroxylation is 2. The third kappa shape index (κ3) is 6.61. The molecule has 2 fully saturated rings. The van der Waals surface area contributed by atoms with Gasteiger partial charge in [-0.15, -0.1) is 0 Å². The summed E-state index contributed by atoms with van der Waals surface area (Å²) in [5, 5.41) is 13.6. The second-order valence-electron chi connectivity index (χ2n) is 16.7. The van der Waals surface area contributed by atoms with Gasteiger partial charge in [0.25, 0.3) is 17.4 Å². The van der Waals surface area contributed by atoms with Crippen LogP contribution in [0.3, 0.4) is 0 Å². The van der Waals surface area contributed by atoms with Crippen molar-refractivity contribution in [3.8, 4) is 17.2 Å². The van der Waals surface area contributed by atoms with Gasteiger partial charge in [0.15, 0.2) is 17.3 Å². The summed E-state index contributed by atoms with van der Waals surface area (Å²) in [4.78, 5) is 82.0. The standard InChI is InChI=1S/C47H37Cl2F3N8O8/c1-56-34-21-37(68-3)36(67-2)20-32(34)54-31(42(56)63)15-16-57-44(65)58-17-14-28-33(60(58)45(57)66)19-29-41(62)59(55-40-30(49)18-25(22-53-40)47(50,51)52)43(64)46(29,24-9-11-26(48)12-10-24)39(28)38-27-7-5-4-6-23(27)8-13-35(38)61/h4-14,18,20-22,29,33,39,61H,15-17,19H2,1-3H3,(H,53,55)/t29-,33+,39+,46+/m0/s1. The number of amides is 2. The van der Waals surface area contributed by atoms with Crippen molar-refractivity contribution in [3.05, 3.63) is 160 Å². The molecule has 4 atom stereocenters. The number of allylic oxidation sites excluding steroid dienone is 2. The molecule has 3 aliphatic rings. The second kappa shape index (κ2) is 16.2. The molecular weight excluding hydrogens is 932 g/mol. The van der Waals surface area contributed by atoms with Crippen molar-refractivity contribution in [2.75, 3.05) is 19.6 Å². The van der Waals surface area contributed by atoms with Crippen molar-refractivity contribution in [1.29, 1.82) is 0 Å². The maximum atomic E-state index is 15.7. The molecular formula is C47H37Cl2F3N8O8. The lowest BCUT2D eigenvalue weighted by Crippen LogP contribution is -2.53. The lowest BCUT2D eigenvalue weighted by atomic mass is 9.52. The fraction of sp³-hybridized carbons (Fsp3) is 0.255. The normalized spacial score (nSPS) is 20.0. The van der Waals surface area contributed by atoms with Gasteiger partial charge in [0, 0.05) is 54.8 Å². The van der Waals surface area contributed by atoms with Gasteiger partial charge < -0.3 is 19.1 Å². The molecule has 0 radical (unpaired) electrons. The Bertz CT molecular complexity index is 3510. The molecule has 21 heteroatoms. The molecule has 1 saturated carbocycles. The van der Waals surface area contributed by atoms with Crippen LogP contribution in [0.5, 0.6) is 17.2 Å². The molecule has 4 aromatic carbocycles. The minimum absolute atomic E-state index is 0.0636. The molecule has 7 aromatic rings. The number of hydrogen-bond donors (Lipinski definition) is 2. The van der Waals surface area contributed by atoms with Gasteiger partial charge in [0.2, 0.25) is 0 Å². The molecule has 1 aliphatic carbocycles. The van der Waals surface area contributed by atoms with Gasteiger partial charge in [0.05, 0.1) is 59.8 Å². The van der Waals surface area contributed by atoms with Crippen LogP contribution in [0.2, 0.25) is 10.0 Å². The minimum Gasteiger partial charge on any atom is -0.508 e. The number of halogens is 5. The first-order valence-corrected chi connectivity index (χ1v) is 21.8. The Morgan fingerprint density at radius 3 is 2.35 bits per heavy atom. The van der Waals surface area contributed by atoms with Crippen LogP contribution in [0.1, 0.15) is 40.8 Å². The monoisotopic (exact) mass is 968 g/mol. The van der Waals surface area contributed by atoms with Crippen LogP contribution < -0.4 is 31.8 Å². The number of hydrogen-bond acceptors (Lipinski definition) is 11. The molecule has 10 rings (SSSR count). The van der Waals surface area contributed by atoms with Gasteiger partial charge >= 0.3 is 17.6 Å². The van der Waals surface area contributed by atoms with Gasteiger partial charge in [-0.05, 0) is 52.6 Å². The maximum Gasteiger partial charge on any atom is 0.417 e. The number of carbonyl (C=O) groups is 2. The first kappa shape index (κ1) is 44.5. The van der Waals surface area contributed by atoms with Crippen LogP contribution in [-0.4, -0.2) is 64.6 Å². The Morgan fingerprint density at radius 1 is 0.926 bits per heavy atom. The Labute approximate surface area is 391 Å². The largest absolute Gasteiger partial charge is 0.508 e. The predicted molar refractivity (Wildman–Crippen MR) is 243 cm³/mol. The van der Waals surface area contributed by atoms with Crippen LogP contribution in [0.25, 0.3) is 21.8 Å². The average Bonchev–Trinajstić information content (AvgIpc) is 3.69. The number of fused-ring (bicyclic) bond motifs is 6. The van der Waals surface area contributed by atoms with Crippen molar-refractivity contribution < 1.29 is 37.3 Å². The van der Waals surface area contributed by atoms with E-state index in [1.165, 1.54) is 34.2 Å². The van der Waals surface area contributed by atoms with E-state index < -0.39 is 74.6 Å². The SMILES string of the molecule is COc1cc2nc(CCn3c(=O)n4n(c3=O)[C@@H]3C[C@H]5C(=O)N(Nc6ncc(C(F)(F)F)cc6Cl)C(=O)[C@@]5(c5ccc(Cl)cc5)[C@@H](c5c(O)ccc6ccccc56)C3=CC4)c(=O)n(C)c2cc1OC. The zero-order valence-electron chi connectivity index (χ0n) is 36.0.